The van der Waals surface area contributed by atoms with Crippen LogP contribution < -0.4 is 14.8 Å². The molecule has 176 valence electrons. The van der Waals surface area contributed by atoms with Gasteiger partial charge in [-0.1, -0.05) is 32.0 Å². The maximum Gasteiger partial charge on any atom is 0.226 e. The predicted octanol–water partition coefficient (Wildman–Crippen LogP) is 5.43. The molecule has 1 unspecified atom stereocenters. The van der Waals surface area contributed by atoms with Gasteiger partial charge in [-0.15, -0.1) is 0 Å². The summed E-state index contributed by atoms with van der Waals surface area (Å²) in [5.41, 5.74) is 2.67. The van der Waals surface area contributed by atoms with E-state index in [0.717, 1.165) is 17.7 Å². The van der Waals surface area contributed by atoms with Gasteiger partial charge >= 0.3 is 0 Å². The number of hydrogen-bond acceptors (Lipinski definition) is 6. The van der Waals surface area contributed by atoms with Crippen molar-refractivity contribution < 1.29 is 18.7 Å². The zero-order valence-corrected chi connectivity index (χ0v) is 20.6. The highest BCUT2D eigenvalue weighted by molar-refractivity contribution is 9.10. The van der Waals surface area contributed by atoms with Crippen molar-refractivity contribution in [3.05, 3.63) is 75.4 Å². The molecule has 2 heterocycles. The quantitative estimate of drug-likeness (QED) is 0.477. The molecule has 1 atom stereocenters. The topological polar surface area (TPSA) is 78.3 Å². The third-order valence-corrected chi connectivity index (χ3v) is 6.76. The molecule has 34 heavy (non-hydrogen) atoms. The lowest BCUT2D eigenvalue weighted by molar-refractivity contribution is -0.118. The van der Waals surface area contributed by atoms with Gasteiger partial charge in [0.15, 0.2) is 17.3 Å². The molecule has 1 aliphatic carbocycles. The SMILES string of the molecule is COc1cc(C2C3=C(CC(C)(C)CC3=O)Nc3ncnn32)cc(Br)c1OCc1ccccc1F. The summed E-state index contributed by atoms with van der Waals surface area (Å²) in [7, 11) is 1.55. The lowest BCUT2D eigenvalue weighted by Crippen LogP contribution is -2.36. The number of ether oxygens (including phenoxy) is 2. The second-order valence-corrected chi connectivity index (χ2v) is 10.2. The van der Waals surface area contributed by atoms with Gasteiger partial charge in [-0.2, -0.15) is 10.1 Å². The van der Waals surface area contributed by atoms with E-state index in [1.165, 1.54) is 12.4 Å². The van der Waals surface area contributed by atoms with Crippen LogP contribution in [0.15, 0.2) is 58.5 Å². The Morgan fingerprint density at radius 2 is 2.06 bits per heavy atom. The van der Waals surface area contributed by atoms with E-state index in [9.17, 15) is 9.18 Å². The van der Waals surface area contributed by atoms with Crippen LogP contribution >= 0.6 is 15.9 Å². The average molecular weight is 527 g/mol. The zero-order valence-electron chi connectivity index (χ0n) is 19.1. The number of carbonyl (C=O) groups is 1. The van der Waals surface area contributed by atoms with Crippen LogP contribution in [0.5, 0.6) is 11.5 Å². The van der Waals surface area contributed by atoms with Gasteiger partial charge in [-0.25, -0.2) is 9.07 Å². The molecule has 0 bridgehead atoms. The molecule has 3 aromatic rings. The summed E-state index contributed by atoms with van der Waals surface area (Å²) in [6.45, 7) is 4.22. The summed E-state index contributed by atoms with van der Waals surface area (Å²) in [5.74, 6) is 1.25. The normalized spacial score (nSPS) is 18.7. The fraction of sp³-hybridized carbons (Fsp3) is 0.320. The number of halogens is 2. The van der Waals surface area contributed by atoms with Crippen LogP contribution in [-0.2, 0) is 11.4 Å². The van der Waals surface area contributed by atoms with E-state index >= 15 is 0 Å². The molecule has 1 N–H and O–H groups in total. The van der Waals surface area contributed by atoms with Crippen LogP contribution in [0.25, 0.3) is 0 Å². The van der Waals surface area contributed by atoms with Crippen LogP contribution in [0, 0.1) is 11.2 Å². The standard InChI is InChI=1S/C25H24BrFN4O3/c1-25(2)10-18-21(19(32)11-25)22(31-24(30-18)28-13-29-31)15-8-16(26)23(20(9-15)33-3)34-12-14-6-4-5-7-17(14)27/h4-9,13,22H,10-12H2,1-3H3,(H,28,29,30). The minimum absolute atomic E-state index is 0.0461. The highest BCUT2D eigenvalue weighted by Crippen LogP contribution is 2.47. The molecule has 0 radical (unpaired) electrons. The molecule has 5 rings (SSSR count). The molecule has 7 nitrogen and oxygen atoms in total. The fourth-order valence-corrected chi connectivity index (χ4v) is 5.23. The minimum atomic E-state index is -0.455. The number of benzene rings is 2. The fourth-order valence-electron chi connectivity index (χ4n) is 4.66. The minimum Gasteiger partial charge on any atom is -0.493 e. The Balaban J connectivity index is 1.55. The first kappa shape index (κ1) is 22.6. The van der Waals surface area contributed by atoms with E-state index in [4.69, 9.17) is 9.47 Å². The number of allylic oxidation sites excluding steroid dienone is 2. The van der Waals surface area contributed by atoms with Crippen molar-refractivity contribution >= 4 is 27.7 Å². The van der Waals surface area contributed by atoms with Crippen molar-refractivity contribution in [2.45, 2.75) is 39.3 Å². The van der Waals surface area contributed by atoms with Gasteiger partial charge in [-0.05, 0) is 51.5 Å². The summed E-state index contributed by atoms with van der Waals surface area (Å²) >= 11 is 3.59. The molecule has 0 spiro atoms. The van der Waals surface area contributed by atoms with Gasteiger partial charge in [0.1, 0.15) is 24.8 Å². The molecule has 0 amide bonds. The lowest BCUT2D eigenvalue weighted by Gasteiger charge is -2.38. The van der Waals surface area contributed by atoms with Crippen LogP contribution in [0.3, 0.4) is 0 Å². The Morgan fingerprint density at radius 1 is 1.26 bits per heavy atom. The molecule has 0 saturated heterocycles. The number of methoxy groups -OCH3 is 1. The van der Waals surface area contributed by atoms with E-state index in [0.29, 0.717) is 39.5 Å². The molecule has 1 aliphatic heterocycles. The van der Waals surface area contributed by atoms with Gasteiger partial charge in [0.2, 0.25) is 5.95 Å². The number of carbonyl (C=O) groups excluding carboxylic acids is 1. The number of aromatic nitrogens is 3. The lowest BCUT2D eigenvalue weighted by atomic mass is 9.73. The molecule has 1 aromatic heterocycles. The molecule has 0 saturated carbocycles. The van der Waals surface area contributed by atoms with E-state index in [1.807, 2.05) is 12.1 Å². The average Bonchev–Trinajstić information content (AvgIpc) is 3.24. The third kappa shape index (κ3) is 3.98. The third-order valence-electron chi connectivity index (χ3n) is 6.17. The first-order valence-corrected chi connectivity index (χ1v) is 11.7. The summed E-state index contributed by atoms with van der Waals surface area (Å²) in [5, 5.41) is 7.71. The van der Waals surface area contributed by atoms with Crippen molar-refractivity contribution in [1.29, 1.82) is 0 Å². The second-order valence-electron chi connectivity index (χ2n) is 9.30. The number of anilines is 1. The summed E-state index contributed by atoms with van der Waals surface area (Å²) in [4.78, 5) is 17.6. The molecular weight excluding hydrogens is 503 g/mol. The van der Waals surface area contributed by atoms with E-state index in [2.05, 4.69) is 45.2 Å². The second kappa shape index (κ2) is 8.54. The molecule has 2 aromatic carbocycles. The van der Waals surface area contributed by atoms with Crippen LogP contribution in [0.4, 0.5) is 10.3 Å². The summed E-state index contributed by atoms with van der Waals surface area (Å²) < 4.78 is 28.0. The molecular formula is C25H24BrFN4O3. The Kier molecular flexibility index (Phi) is 5.67. The monoisotopic (exact) mass is 526 g/mol. The zero-order chi connectivity index (χ0) is 24.0. The number of rotatable bonds is 5. The highest BCUT2D eigenvalue weighted by Gasteiger charge is 2.41. The van der Waals surface area contributed by atoms with E-state index in [1.54, 1.807) is 30.0 Å². The van der Waals surface area contributed by atoms with Gasteiger partial charge < -0.3 is 14.8 Å². The number of ketones is 1. The Hall–Kier alpha value is -3.20. The highest BCUT2D eigenvalue weighted by atomic mass is 79.9. The largest absolute Gasteiger partial charge is 0.493 e. The Bertz CT molecular complexity index is 1320. The summed E-state index contributed by atoms with van der Waals surface area (Å²) in [6.07, 6.45) is 2.66. The van der Waals surface area contributed by atoms with Crippen molar-refractivity contribution in [3.8, 4) is 11.5 Å². The maximum atomic E-state index is 14.1. The van der Waals surface area contributed by atoms with Crippen molar-refractivity contribution in [2.75, 3.05) is 12.4 Å². The molecule has 2 aliphatic rings. The molecule has 0 fully saturated rings. The van der Waals surface area contributed by atoms with Crippen LogP contribution in [0.1, 0.15) is 43.9 Å². The number of fused-ring (bicyclic) bond motifs is 1. The van der Waals surface area contributed by atoms with Crippen molar-refractivity contribution in [3.63, 3.8) is 0 Å². The Morgan fingerprint density at radius 3 is 2.82 bits per heavy atom. The molecule has 9 heteroatoms. The van der Waals surface area contributed by atoms with E-state index < -0.39 is 6.04 Å². The first-order chi connectivity index (χ1) is 16.3. The van der Waals surface area contributed by atoms with Gasteiger partial charge in [-0.3, -0.25) is 4.79 Å². The van der Waals surface area contributed by atoms with Crippen molar-refractivity contribution in [1.82, 2.24) is 14.8 Å². The predicted molar refractivity (Wildman–Crippen MR) is 128 cm³/mol. The number of nitrogens with zero attached hydrogens (tertiary/aromatic N) is 3. The number of nitrogens with one attached hydrogen (secondary N) is 1. The smallest absolute Gasteiger partial charge is 0.226 e. The van der Waals surface area contributed by atoms with Crippen LogP contribution in [-0.4, -0.2) is 27.7 Å². The number of hydrogen-bond donors (Lipinski definition) is 1. The van der Waals surface area contributed by atoms with Crippen molar-refractivity contribution in [2.24, 2.45) is 5.41 Å². The number of Topliss-reactive ketones (excluding diaryl/α,β-unsaturated/α-hetero) is 1. The Labute approximate surface area is 205 Å². The summed E-state index contributed by atoms with van der Waals surface area (Å²) in [6, 6.07) is 9.74. The van der Waals surface area contributed by atoms with Gasteiger partial charge in [0.25, 0.3) is 0 Å². The first-order valence-electron chi connectivity index (χ1n) is 10.9. The van der Waals surface area contributed by atoms with Crippen LogP contribution in [0.2, 0.25) is 0 Å². The maximum absolute atomic E-state index is 14.1. The van der Waals surface area contributed by atoms with Gasteiger partial charge in [0, 0.05) is 23.3 Å². The van der Waals surface area contributed by atoms with E-state index in [-0.39, 0.29) is 23.6 Å². The van der Waals surface area contributed by atoms with Gasteiger partial charge in [0.05, 0.1) is 11.6 Å².